The van der Waals surface area contributed by atoms with E-state index in [0.717, 1.165) is 0 Å². The van der Waals surface area contributed by atoms with E-state index < -0.39 is 10.5 Å². The highest BCUT2D eigenvalue weighted by molar-refractivity contribution is 6.09. The molecule has 0 bridgehead atoms. The van der Waals surface area contributed by atoms with Crippen molar-refractivity contribution in [3.05, 3.63) is 58.0 Å². The molecule has 0 amide bonds. The first-order valence-electron chi connectivity index (χ1n) is 4.88. The molecule has 0 saturated heterocycles. The van der Waals surface area contributed by atoms with Crippen LogP contribution in [0, 0.1) is 10.1 Å². The first-order valence-corrected chi connectivity index (χ1v) is 4.88. The van der Waals surface area contributed by atoms with Gasteiger partial charge in [0.15, 0.2) is 5.60 Å². The summed E-state index contributed by atoms with van der Waals surface area (Å²) in [4.78, 5) is 14.6. The van der Waals surface area contributed by atoms with E-state index in [2.05, 4.69) is 4.99 Å². The van der Waals surface area contributed by atoms with E-state index in [9.17, 15) is 10.1 Å². The van der Waals surface area contributed by atoms with Crippen LogP contribution in [0.2, 0.25) is 0 Å². The van der Waals surface area contributed by atoms with Crippen molar-refractivity contribution in [3.8, 4) is 0 Å². The van der Waals surface area contributed by atoms with E-state index in [0.29, 0.717) is 17.9 Å². The van der Waals surface area contributed by atoms with Crippen molar-refractivity contribution >= 4 is 5.71 Å². The van der Waals surface area contributed by atoms with E-state index in [1.54, 1.807) is 12.2 Å². The summed E-state index contributed by atoms with van der Waals surface area (Å²) >= 11 is 0. The molecule has 80 valence electrons. The molecule has 0 N–H and O–H groups in total. The van der Waals surface area contributed by atoms with Crippen LogP contribution in [-0.2, 0) is 4.74 Å². The van der Waals surface area contributed by atoms with Gasteiger partial charge in [-0.05, 0) is 18.2 Å². The Labute approximate surface area is 91.3 Å². The number of aliphatic imine (C=N–C) groups is 1. The second kappa shape index (κ2) is 2.99. The van der Waals surface area contributed by atoms with Crippen LogP contribution in [-0.4, -0.2) is 22.8 Å². The van der Waals surface area contributed by atoms with Gasteiger partial charge in [-0.2, -0.15) is 0 Å². The first-order chi connectivity index (χ1) is 7.74. The number of ether oxygens (including phenoxy) is 1. The minimum absolute atomic E-state index is 0.0150. The maximum Gasteiger partial charge on any atom is 0.294 e. The quantitative estimate of drug-likeness (QED) is 0.491. The van der Waals surface area contributed by atoms with Crippen LogP contribution in [0.1, 0.15) is 0 Å². The molecule has 1 aliphatic carbocycles. The Bertz CT molecular complexity index is 525. The summed E-state index contributed by atoms with van der Waals surface area (Å²) < 4.78 is 5.62. The van der Waals surface area contributed by atoms with Crippen molar-refractivity contribution in [1.29, 1.82) is 0 Å². The summed E-state index contributed by atoms with van der Waals surface area (Å²) in [5.74, 6) is 0. The Morgan fingerprint density at radius 3 is 3.19 bits per heavy atom. The summed E-state index contributed by atoms with van der Waals surface area (Å²) in [5.41, 5.74) is 0.472. The van der Waals surface area contributed by atoms with Gasteiger partial charge < -0.3 is 4.74 Å². The highest BCUT2D eigenvalue weighted by atomic mass is 16.6. The van der Waals surface area contributed by atoms with Gasteiger partial charge in [0.05, 0.1) is 22.8 Å². The number of hydrogen-bond acceptors (Lipinski definition) is 4. The number of allylic oxidation sites excluding steroid dienone is 2. The molecular formula is C11H8N2O3. The molecular weight excluding hydrogens is 208 g/mol. The molecule has 3 aliphatic rings. The molecule has 2 aliphatic heterocycles. The lowest BCUT2D eigenvalue weighted by Gasteiger charge is -2.30. The number of nitro groups is 1. The maximum atomic E-state index is 10.9. The van der Waals surface area contributed by atoms with Crippen LogP contribution in [0.15, 0.2) is 52.8 Å². The highest BCUT2D eigenvalue weighted by Crippen LogP contribution is 2.39. The Balaban J connectivity index is 2.21. The van der Waals surface area contributed by atoms with Crippen LogP contribution < -0.4 is 0 Å². The molecule has 1 atom stereocenters. The van der Waals surface area contributed by atoms with Crippen LogP contribution in [0.4, 0.5) is 0 Å². The molecule has 16 heavy (non-hydrogen) atoms. The minimum Gasteiger partial charge on any atom is -0.355 e. The lowest BCUT2D eigenvalue weighted by molar-refractivity contribution is -0.422. The van der Waals surface area contributed by atoms with Crippen molar-refractivity contribution in [2.45, 2.75) is 5.60 Å². The predicted molar refractivity (Wildman–Crippen MR) is 57.6 cm³/mol. The third-order valence-electron chi connectivity index (χ3n) is 2.87. The van der Waals surface area contributed by atoms with Crippen LogP contribution >= 0.6 is 0 Å². The zero-order valence-electron chi connectivity index (χ0n) is 8.29. The van der Waals surface area contributed by atoms with E-state index in [-0.39, 0.29) is 5.70 Å². The zero-order valence-corrected chi connectivity index (χ0v) is 8.29. The minimum atomic E-state index is -0.827. The van der Waals surface area contributed by atoms with Gasteiger partial charge >= 0.3 is 0 Å². The molecule has 0 saturated carbocycles. The predicted octanol–water partition coefficient (Wildman–Crippen LogP) is 1.38. The lowest BCUT2D eigenvalue weighted by atomic mass is 9.83. The van der Waals surface area contributed by atoms with E-state index in [1.807, 2.05) is 18.2 Å². The topological polar surface area (TPSA) is 64.7 Å². The normalized spacial score (nSPS) is 30.1. The molecule has 3 rings (SSSR count). The maximum absolute atomic E-state index is 10.9. The summed E-state index contributed by atoms with van der Waals surface area (Å²) in [6.45, 7) is 0.373. The Hall–Kier alpha value is -2.01. The third-order valence-corrected chi connectivity index (χ3v) is 2.87. The molecule has 1 unspecified atom stereocenters. The number of rotatable bonds is 1. The molecule has 2 heterocycles. The summed E-state index contributed by atoms with van der Waals surface area (Å²) in [6, 6.07) is 0. The van der Waals surface area contributed by atoms with Crippen molar-refractivity contribution in [1.82, 2.24) is 0 Å². The van der Waals surface area contributed by atoms with E-state index in [1.165, 1.54) is 6.20 Å². The molecule has 0 aromatic carbocycles. The van der Waals surface area contributed by atoms with Crippen LogP contribution in [0.5, 0.6) is 0 Å². The summed E-state index contributed by atoms with van der Waals surface area (Å²) in [6.07, 6.45) is 10.3. The van der Waals surface area contributed by atoms with E-state index in [4.69, 9.17) is 4.74 Å². The second-order valence-electron chi connectivity index (χ2n) is 3.67. The van der Waals surface area contributed by atoms with Gasteiger partial charge in [-0.3, -0.25) is 15.1 Å². The SMILES string of the molecule is O=[N+]([O-])C1=CN=C2C=CC=CC23OCC=C13. The average molecular weight is 216 g/mol. The third kappa shape index (κ3) is 1.00. The van der Waals surface area contributed by atoms with Gasteiger partial charge in [-0.25, -0.2) is 0 Å². The Kier molecular flexibility index (Phi) is 1.73. The fourth-order valence-electron chi connectivity index (χ4n) is 2.16. The van der Waals surface area contributed by atoms with Gasteiger partial charge in [0, 0.05) is 0 Å². The lowest BCUT2D eigenvalue weighted by Crippen LogP contribution is -2.41. The molecule has 0 aromatic rings. The van der Waals surface area contributed by atoms with Gasteiger partial charge in [0.1, 0.15) is 6.20 Å². The number of hydrogen-bond donors (Lipinski definition) is 0. The van der Waals surface area contributed by atoms with Gasteiger partial charge in [-0.15, -0.1) is 0 Å². The smallest absolute Gasteiger partial charge is 0.294 e. The Morgan fingerprint density at radius 2 is 2.38 bits per heavy atom. The molecule has 5 nitrogen and oxygen atoms in total. The highest BCUT2D eigenvalue weighted by Gasteiger charge is 2.48. The molecule has 0 aromatic heterocycles. The fourth-order valence-corrected chi connectivity index (χ4v) is 2.16. The summed E-state index contributed by atoms with van der Waals surface area (Å²) in [5, 5.41) is 10.9. The van der Waals surface area contributed by atoms with Gasteiger partial charge in [-0.1, -0.05) is 12.2 Å². The van der Waals surface area contributed by atoms with Crippen molar-refractivity contribution in [2.75, 3.05) is 6.61 Å². The summed E-state index contributed by atoms with van der Waals surface area (Å²) in [7, 11) is 0. The van der Waals surface area contributed by atoms with Gasteiger partial charge in [0.2, 0.25) is 0 Å². The van der Waals surface area contributed by atoms with Crippen LogP contribution in [0.25, 0.3) is 0 Å². The van der Waals surface area contributed by atoms with Crippen molar-refractivity contribution in [3.63, 3.8) is 0 Å². The van der Waals surface area contributed by atoms with Crippen molar-refractivity contribution < 1.29 is 9.66 Å². The molecule has 0 fully saturated rings. The Morgan fingerprint density at radius 1 is 1.50 bits per heavy atom. The average Bonchev–Trinajstić information content (AvgIpc) is 2.69. The molecule has 0 radical (unpaired) electrons. The second-order valence-corrected chi connectivity index (χ2v) is 3.67. The monoisotopic (exact) mass is 216 g/mol. The number of nitrogens with zero attached hydrogens (tertiary/aromatic N) is 2. The zero-order chi connectivity index (χ0) is 11.2. The van der Waals surface area contributed by atoms with Crippen LogP contribution in [0.3, 0.4) is 0 Å². The van der Waals surface area contributed by atoms with Gasteiger partial charge in [0.25, 0.3) is 5.70 Å². The first kappa shape index (κ1) is 9.23. The van der Waals surface area contributed by atoms with Crippen molar-refractivity contribution in [2.24, 2.45) is 4.99 Å². The fraction of sp³-hybridized carbons (Fsp3) is 0.182. The standard InChI is InChI=1S/C11H8N2O3/c14-13(15)9-7-12-10-3-1-2-5-11(10)8(9)4-6-16-11/h1-5,7H,6H2. The van der Waals surface area contributed by atoms with E-state index >= 15 is 0 Å². The molecule has 1 spiro atoms. The molecule has 5 heteroatoms. The largest absolute Gasteiger partial charge is 0.355 e.